The summed E-state index contributed by atoms with van der Waals surface area (Å²) in [6.07, 6.45) is 0. The fourth-order valence-electron chi connectivity index (χ4n) is 2.87. The standard InChI is InChI=1S/C16H15Cl2N3O3/c1-8-6-10(9(2)24-8)16(3)14(22)21(15(23)20-16)7-12-11(17)4-5-13(18)19-12/h4-6H,7H2,1-3H3,(H,20,23). The first-order valence-corrected chi connectivity index (χ1v) is 8.00. The molecule has 0 radical (unpaired) electrons. The number of carbonyl (C=O) groups excluding carboxylic acids is 2. The molecule has 8 heteroatoms. The van der Waals surface area contributed by atoms with Gasteiger partial charge in [-0.1, -0.05) is 23.2 Å². The summed E-state index contributed by atoms with van der Waals surface area (Å²) in [4.78, 5) is 30.4. The number of amides is 3. The third-order valence-corrected chi connectivity index (χ3v) is 4.60. The summed E-state index contributed by atoms with van der Waals surface area (Å²) in [7, 11) is 0. The van der Waals surface area contributed by atoms with E-state index in [1.807, 2.05) is 0 Å². The molecule has 1 unspecified atom stereocenters. The third-order valence-electron chi connectivity index (χ3n) is 4.05. The number of hydrogen-bond donors (Lipinski definition) is 1. The number of nitrogens with one attached hydrogen (secondary N) is 1. The molecule has 1 N–H and O–H groups in total. The summed E-state index contributed by atoms with van der Waals surface area (Å²) < 4.78 is 5.49. The Morgan fingerprint density at radius 3 is 2.62 bits per heavy atom. The SMILES string of the molecule is Cc1cc(C2(C)NC(=O)N(Cc3nc(Cl)ccc3Cl)C2=O)c(C)o1. The lowest BCUT2D eigenvalue weighted by Gasteiger charge is -2.21. The normalized spacial score (nSPS) is 20.6. The third kappa shape index (κ3) is 2.65. The number of rotatable bonds is 3. The molecule has 24 heavy (non-hydrogen) atoms. The predicted octanol–water partition coefficient (Wildman–Crippen LogP) is 3.57. The highest BCUT2D eigenvalue weighted by molar-refractivity contribution is 6.32. The highest BCUT2D eigenvalue weighted by Gasteiger charge is 2.50. The average molecular weight is 368 g/mol. The van der Waals surface area contributed by atoms with E-state index < -0.39 is 17.5 Å². The van der Waals surface area contributed by atoms with Gasteiger partial charge in [0.05, 0.1) is 17.3 Å². The Labute approximate surface area is 148 Å². The highest BCUT2D eigenvalue weighted by Crippen LogP contribution is 2.34. The van der Waals surface area contributed by atoms with Gasteiger partial charge >= 0.3 is 6.03 Å². The second kappa shape index (κ2) is 5.79. The first kappa shape index (κ1) is 16.8. The van der Waals surface area contributed by atoms with E-state index in [-0.39, 0.29) is 11.7 Å². The van der Waals surface area contributed by atoms with Crippen LogP contribution >= 0.6 is 23.2 Å². The maximum atomic E-state index is 12.9. The molecule has 1 saturated heterocycles. The Balaban J connectivity index is 1.95. The molecule has 3 amide bonds. The Bertz CT molecular complexity index is 849. The zero-order valence-electron chi connectivity index (χ0n) is 13.3. The molecule has 0 spiro atoms. The Hall–Kier alpha value is -2.05. The average Bonchev–Trinajstić information content (AvgIpc) is 2.95. The number of carbonyl (C=O) groups is 2. The number of furan rings is 1. The summed E-state index contributed by atoms with van der Waals surface area (Å²) in [5, 5.41) is 3.31. The molecule has 0 saturated carbocycles. The van der Waals surface area contributed by atoms with Gasteiger partial charge in [0, 0.05) is 5.56 Å². The number of pyridine rings is 1. The fraction of sp³-hybridized carbons (Fsp3) is 0.312. The molecule has 0 bridgehead atoms. The van der Waals surface area contributed by atoms with E-state index in [4.69, 9.17) is 27.6 Å². The number of halogens is 2. The van der Waals surface area contributed by atoms with Crippen LogP contribution in [0.25, 0.3) is 0 Å². The molecule has 6 nitrogen and oxygen atoms in total. The molecule has 1 atom stereocenters. The van der Waals surface area contributed by atoms with Gasteiger partial charge in [-0.15, -0.1) is 0 Å². The summed E-state index contributed by atoms with van der Waals surface area (Å²) in [6.45, 7) is 5.13. The van der Waals surface area contributed by atoms with Crippen molar-refractivity contribution in [2.75, 3.05) is 0 Å². The van der Waals surface area contributed by atoms with Crippen molar-refractivity contribution in [2.45, 2.75) is 32.9 Å². The number of nitrogens with zero attached hydrogens (tertiary/aromatic N) is 2. The first-order chi connectivity index (χ1) is 11.2. The lowest BCUT2D eigenvalue weighted by Crippen LogP contribution is -2.41. The topological polar surface area (TPSA) is 75.4 Å². The zero-order chi connectivity index (χ0) is 17.6. The number of hydrogen-bond acceptors (Lipinski definition) is 4. The molecule has 3 rings (SSSR count). The van der Waals surface area contributed by atoms with Crippen molar-refractivity contribution in [3.63, 3.8) is 0 Å². The lowest BCUT2D eigenvalue weighted by molar-refractivity contribution is -0.131. The Morgan fingerprint density at radius 1 is 1.29 bits per heavy atom. The van der Waals surface area contributed by atoms with Gasteiger partial charge in [-0.3, -0.25) is 9.69 Å². The van der Waals surface area contributed by atoms with Crippen molar-refractivity contribution in [2.24, 2.45) is 0 Å². The van der Waals surface area contributed by atoms with E-state index in [0.717, 1.165) is 4.90 Å². The summed E-state index contributed by atoms with van der Waals surface area (Å²) in [6, 6.07) is 4.36. The molecule has 2 aromatic heterocycles. The van der Waals surface area contributed by atoms with Crippen molar-refractivity contribution in [1.82, 2.24) is 15.2 Å². The van der Waals surface area contributed by atoms with E-state index in [1.54, 1.807) is 39.0 Å². The Morgan fingerprint density at radius 2 is 2.00 bits per heavy atom. The molecular weight excluding hydrogens is 353 g/mol. The first-order valence-electron chi connectivity index (χ1n) is 7.25. The Kier molecular flexibility index (Phi) is 4.05. The van der Waals surface area contributed by atoms with Gasteiger partial charge in [-0.25, -0.2) is 9.78 Å². The molecule has 3 heterocycles. The maximum Gasteiger partial charge on any atom is 0.325 e. The highest BCUT2D eigenvalue weighted by atomic mass is 35.5. The van der Waals surface area contributed by atoms with E-state index in [9.17, 15) is 9.59 Å². The zero-order valence-corrected chi connectivity index (χ0v) is 14.8. The quantitative estimate of drug-likeness (QED) is 0.664. The number of urea groups is 1. The van der Waals surface area contributed by atoms with Crippen LogP contribution in [0.15, 0.2) is 22.6 Å². The van der Waals surface area contributed by atoms with E-state index >= 15 is 0 Å². The molecule has 0 aliphatic carbocycles. The van der Waals surface area contributed by atoms with Crippen LogP contribution in [0.1, 0.15) is 29.7 Å². The van der Waals surface area contributed by atoms with Gasteiger partial charge in [0.2, 0.25) is 0 Å². The van der Waals surface area contributed by atoms with Crippen LogP contribution in [0.4, 0.5) is 4.79 Å². The van der Waals surface area contributed by atoms with Crippen molar-refractivity contribution < 1.29 is 14.0 Å². The van der Waals surface area contributed by atoms with E-state index in [0.29, 0.717) is 27.8 Å². The van der Waals surface area contributed by atoms with Crippen molar-refractivity contribution in [3.05, 3.63) is 51.2 Å². The second-order valence-corrected chi connectivity index (χ2v) is 6.63. The largest absolute Gasteiger partial charge is 0.466 e. The molecule has 0 aromatic carbocycles. The van der Waals surface area contributed by atoms with Gasteiger partial charge in [0.1, 0.15) is 22.2 Å². The van der Waals surface area contributed by atoms with Gasteiger partial charge in [0.25, 0.3) is 5.91 Å². The van der Waals surface area contributed by atoms with Crippen molar-refractivity contribution in [3.8, 4) is 0 Å². The second-order valence-electron chi connectivity index (χ2n) is 5.84. The van der Waals surface area contributed by atoms with Crippen LogP contribution in [-0.4, -0.2) is 21.8 Å². The minimum atomic E-state index is -1.19. The smallest absolute Gasteiger partial charge is 0.325 e. The van der Waals surface area contributed by atoms with Gasteiger partial charge < -0.3 is 9.73 Å². The van der Waals surface area contributed by atoms with Crippen LogP contribution in [0.2, 0.25) is 10.2 Å². The van der Waals surface area contributed by atoms with Crippen LogP contribution in [0.5, 0.6) is 0 Å². The van der Waals surface area contributed by atoms with Crippen LogP contribution in [0.3, 0.4) is 0 Å². The number of aryl methyl sites for hydroxylation is 2. The van der Waals surface area contributed by atoms with Gasteiger partial charge in [-0.2, -0.15) is 0 Å². The predicted molar refractivity (Wildman–Crippen MR) is 88.9 cm³/mol. The van der Waals surface area contributed by atoms with Crippen molar-refractivity contribution >= 4 is 35.1 Å². The molecule has 126 valence electrons. The monoisotopic (exact) mass is 367 g/mol. The van der Waals surface area contributed by atoms with Crippen LogP contribution in [-0.2, 0) is 16.9 Å². The van der Waals surface area contributed by atoms with Crippen molar-refractivity contribution in [1.29, 1.82) is 0 Å². The molecule has 1 fully saturated rings. The summed E-state index contributed by atoms with van der Waals surface area (Å²) >= 11 is 11.9. The molecule has 1 aliphatic rings. The molecule has 1 aliphatic heterocycles. The van der Waals surface area contributed by atoms with Gasteiger partial charge in [0.15, 0.2) is 0 Å². The van der Waals surface area contributed by atoms with E-state index in [1.165, 1.54) is 0 Å². The summed E-state index contributed by atoms with van der Waals surface area (Å²) in [5.74, 6) is 0.863. The number of imide groups is 1. The molecule has 2 aromatic rings. The summed E-state index contributed by atoms with van der Waals surface area (Å²) in [5.41, 5.74) is -0.202. The minimum absolute atomic E-state index is 0.0600. The van der Waals surface area contributed by atoms with Crippen LogP contribution < -0.4 is 5.32 Å². The molecular formula is C16H15Cl2N3O3. The van der Waals surface area contributed by atoms with Crippen LogP contribution in [0, 0.1) is 13.8 Å². The maximum absolute atomic E-state index is 12.9. The van der Waals surface area contributed by atoms with Gasteiger partial charge in [-0.05, 0) is 39.0 Å². The lowest BCUT2D eigenvalue weighted by atomic mass is 9.92. The van der Waals surface area contributed by atoms with E-state index in [2.05, 4.69) is 10.3 Å². The number of aromatic nitrogens is 1. The minimum Gasteiger partial charge on any atom is -0.466 e. The fourth-order valence-corrected chi connectivity index (χ4v) is 3.20.